The van der Waals surface area contributed by atoms with E-state index in [9.17, 15) is 0 Å². The highest BCUT2D eigenvalue weighted by atomic mass is 16.3. The Morgan fingerprint density at radius 3 is 2.12 bits per heavy atom. The molecule has 1 heterocycles. The molecule has 0 saturated heterocycles. The molecule has 1 atom stereocenters. The monoisotopic (exact) mass is 532 g/mol. The molecule has 1 aliphatic carbocycles. The summed E-state index contributed by atoms with van der Waals surface area (Å²) in [5.74, 6) is 0.178. The number of hydrogen-bond donors (Lipinski definition) is 0. The lowest BCUT2D eigenvalue weighted by Gasteiger charge is -2.19. The van der Waals surface area contributed by atoms with Crippen LogP contribution in [0.1, 0.15) is 22.6 Å². The smallest absolute Gasteiger partial charge is 0.143 e. The molecule has 0 spiro atoms. The Hall–Kier alpha value is -5.40. The zero-order valence-corrected chi connectivity index (χ0v) is 22.8. The van der Waals surface area contributed by atoms with Gasteiger partial charge in [-0.15, -0.1) is 0 Å². The lowest BCUT2D eigenvalue weighted by Crippen LogP contribution is -2.00. The molecule has 1 heteroatoms. The van der Waals surface area contributed by atoms with Gasteiger partial charge in [-0.3, -0.25) is 0 Å². The standard InChI is InChI=1S/C41H24O/c1-2-8-24(9-3-1)38-31-20-19-27(29-13-7-14-32-30-12-4-5-15-36(30)42-41(29)32)22-34(31)35-23-28-17-16-25-10-6-11-26-18-21-33(40(35)38)39(28)37(25)26/h1-23,38H. The summed E-state index contributed by atoms with van der Waals surface area (Å²) >= 11 is 0. The topological polar surface area (TPSA) is 13.1 Å². The SMILES string of the molecule is c1ccc(C2c3ccc(-c4cccc5c4oc4ccccc45)cc3-c3cc4ccc5cccc6ccc(c32)c4c56)cc1. The number of hydrogen-bond acceptors (Lipinski definition) is 1. The van der Waals surface area contributed by atoms with Gasteiger partial charge in [0.2, 0.25) is 0 Å². The van der Waals surface area contributed by atoms with Gasteiger partial charge < -0.3 is 4.42 Å². The molecule has 42 heavy (non-hydrogen) atoms. The van der Waals surface area contributed by atoms with Crippen molar-refractivity contribution in [3.8, 4) is 22.3 Å². The lowest BCUT2D eigenvalue weighted by atomic mass is 9.84. The van der Waals surface area contributed by atoms with Gasteiger partial charge in [-0.2, -0.15) is 0 Å². The van der Waals surface area contributed by atoms with E-state index in [0.717, 1.165) is 27.5 Å². The quantitative estimate of drug-likeness (QED) is 0.202. The normalized spacial score (nSPS) is 14.4. The van der Waals surface area contributed by atoms with Crippen LogP contribution >= 0.6 is 0 Å². The van der Waals surface area contributed by atoms with Crippen LogP contribution in [0, 0.1) is 0 Å². The minimum Gasteiger partial charge on any atom is -0.455 e. The highest BCUT2D eigenvalue weighted by molar-refractivity contribution is 6.25. The lowest BCUT2D eigenvalue weighted by molar-refractivity contribution is 0.670. The number of rotatable bonds is 2. The van der Waals surface area contributed by atoms with E-state index in [0.29, 0.717) is 0 Å². The Morgan fingerprint density at radius 2 is 1.21 bits per heavy atom. The van der Waals surface area contributed by atoms with Gasteiger partial charge in [-0.1, -0.05) is 121 Å². The second-order valence-electron chi connectivity index (χ2n) is 11.6. The molecule has 1 aromatic heterocycles. The molecule has 0 amide bonds. The first-order valence-corrected chi connectivity index (χ1v) is 14.6. The predicted molar refractivity (Wildman–Crippen MR) is 176 cm³/mol. The summed E-state index contributed by atoms with van der Waals surface area (Å²) in [4.78, 5) is 0. The zero-order chi connectivity index (χ0) is 27.4. The van der Waals surface area contributed by atoms with Crippen LogP contribution < -0.4 is 0 Å². The fourth-order valence-electron chi connectivity index (χ4n) is 7.70. The summed E-state index contributed by atoms with van der Waals surface area (Å²) in [5.41, 5.74) is 11.0. The molecule has 0 saturated carbocycles. The summed E-state index contributed by atoms with van der Waals surface area (Å²) in [6.07, 6.45) is 0. The molecular formula is C41H24O. The van der Waals surface area contributed by atoms with Crippen molar-refractivity contribution in [1.29, 1.82) is 0 Å². The van der Waals surface area contributed by atoms with Gasteiger partial charge in [-0.25, -0.2) is 0 Å². The molecule has 1 unspecified atom stereocenters. The van der Waals surface area contributed by atoms with E-state index in [1.165, 1.54) is 65.7 Å². The van der Waals surface area contributed by atoms with E-state index in [2.05, 4.69) is 133 Å². The molecule has 194 valence electrons. The van der Waals surface area contributed by atoms with Crippen LogP contribution in [0.4, 0.5) is 0 Å². The van der Waals surface area contributed by atoms with Gasteiger partial charge in [0, 0.05) is 22.3 Å². The van der Waals surface area contributed by atoms with E-state index in [1.54, 1.807) is 0 Å². The van der Waals surface area contributed by atoms with Crippen molar-refractivity contribution in [1.82, 2.24) is 0 Å². The first-order valence-electron chi connectivity index (χ1n) is 14.6. The van der Waals surface area contributed by atoms with Crippen molar-refractivity contribution in [2.45, 2.75) is 5.92 Å². The number of para-hydroxylation sites is 2. The van der Waals surface area contributed by atoms with Crippen LogP contribution in [-0.2, 0) is 0 Å². The average Bonchev–Trinajstić information content (AvgIpc) is 3.59. The van der Waals surface area contributed by atoms with E-state index in [4.69, 9.17) is 4.42 Å². The Kier molecular flexibility index (Phi) is 4.29. The largest absolute Gasteiger partial charge is 0.455 e. The van der Waals surface area contributed by atoms with E-state index in [1.807, 2.05) is 6.07 Å². The summed E-state index contributed by atoms with van der Waals surface area (Å²) in [6.45, 7) is 0. The Bertz CT molecular complexity index is 2500. The van der Waals surface area contributed by atoms with Crippen molar-refractivity contribution in [2.75, 3.05) is 0 Å². The van der Waals surface area contributed by atoms with Crippen molar-refractivity contribution in [2.24, 2.45) is 0 Å². The molecular weight excluding hydrogens is 508 g/mol. The molecule has 1 nitrogen and oxygen atoms in total. The van der Waals surface area contributed by atoms with Crippen LogP contribution in [-0.4, -0.2) is 0 Å². The van der Waals surface area contributed by atoms with Gasteiger partial charge in [0.15, 0.2) is 0 Å². The van der Waals surface area contributed by atoms with E-state index >= 15 is 0 Å². The Morgan fingerprint density at radius 1 is 0.452 bits per heavy atom. The third kappa shape index (κ3) is 2.87. The Balaban J connectivity index is 1.29. The summed E-state index contributed by atoms with van der Waals surface area (Å²) in [7, 11) is 0. The average molecular weight is 533 g/mol. The highest BCUT2D eigenvalue weighted by Gasteiger charge is 2.33. The van der Waals surface area contributed by atoms with Crippen molar-refractivity contribution in [3.05, 3.63) is 156 Å². The molecule has 0 radical (unpaired) electrons. The molecule has 10 rings (SSSR count). The Labute approximate surface area is 242 Å². The van der Waals surface area contributed by atoms with Gasteiger partial charge >= 0.3 is 0 Å². The van der Waals surface area contributed by atoms with Crippen LogP contribution in [0.25, 0.3) is 76.5 Å². The maximum Gasteiger partial charge on any atom is 0.143 e. The number of fused-ring (bicyclic) bond motifs is 7. The third-order valence-electron chi connectivity index (χ3n) is 9.48. The molecule has 0 fully saturated rings. The predicted octanol–water partition coefficient (Wildman–Crippen LogP) is 11.3. The number of furan rings is 1. The van der Waals surface area contributed by atoms with Crippen LogP contribution in [0.2, 0.25) is 0 Å². The van der Waals surface area contributed by atoms with E-state index in [-0.39, 0.29) is 5.92 Å². The fraction of sp³-hybridized carbons (Fsp3) is 0.0244. The van der Waals surface area contributed by atoms with Gasteiger partial charge in [-0.05, 0) is 83.9 Å². The van der Waals surface area contributed by atoms with Crippen LogP contribution in [0.5, 0.6) is 0 Å². The summed E-state index contributed by atoms with van der Waals surface area (Å²) in [5, 5.41) is 10.3. The van der Waals surface area contributed by atoms with Gasteiger partial charge in [0.25, 0.3) is 0 Å². The first-order chi connectivity index (χ1) is 20.8. The molecule has 9 aromatic rings. The minimum absolute atomic E-state index is 0.178. The van der Waals surface area contributed by atoms with Gasteiger partial charge in [0.05, 0.1) is 0 Å². The maximum atomic E-state index is 6.45. The zero-order valence-electron chi connectivity index (χ0n) is 22.8. The summed E-state index contributed by atoms with van der Waals surface area (Å²) < 4.78 is 6.45. The van der Waals surface area contributed by atoms with Gasteiger partial charge in [0.1, 0.15) is 11.2 Å². The molecule has 0 N–H and O–H groups in total. The van der Waals surface area contributed by atoms with Crippen molar-refractivity contribution >= 4 is 54.3 Å². The van der Waals surface area contributed by atoms with E-state index < -0.39 is 0 Å². The third-order valence-corrected chi connectivity index (χ3v) is 9.48. The van der Waals surface area contributed by atoms with Crippen molar-refractivity contribution in [3.63, 3.8) is 0 Å². The second-order valence-corrected chi connectivity index (χ2v) is 11.6. The molecule has 0 aliphatic heterocycles. The summed E-state index contributed by atoms with van der Waals surface area (Å²) in [6, 6.07) is 51.2. The van der Waals surface area contributed by atoms with Crippen molar-refractivity contribution < 1.29 is 4.42 Å². The first kappa shape index (κ1) is 22.3. The molecule has 8 aromatic carbocycles. The highest BCUT2D eigenvalue weighted by Crippen LogP contribution is 2.54. The molecule has 0 bridgehead atoms. The second kappa shape index (κ2) is 8.09. The van der Waals surface area contributed by atoms with Crippen LogP contribution in [0.3, 0.4) is 0 Å². The fourth-order valence-corrected chi connectivity index (χ4v) is 7.70. The minimum atomic E-state index is 0.178. The number of benzene rings is 8. The maximum absolute atomic E-state index is 6.45. The van der Waals surface area contributed by atoms with Crippen LogP contribution in [0.15, 0.2) is 144 Å². The molecule has 1 aliphatic rings.